The molecule has 1 aromatic rings. The van der Waals surface area contributed by atoms with E-state index >= 15 is 0 Å². The molecule has 2 N–H and O–H groups in total. The molecule has 1 unspecified atom stereocenters. The highest BCUT2D eigenvalue weighted by Crippen LogP contribution is 2.21. The minimum atomic E-state index is -2.45. The number of aromatic nitrogens is 1. The Morgan fingerprint density at radius 2 is 2.38 bits per heavy atom. The average Bonchev–Trinajstić information content (AvgIpc) is 2.64. The van der Waals surface area contributed by atoms with Crippen LogP contribution in [-0.4, -0.2) is 17.7 Å². The Morgan fingerprint density at radius 1 is 1.56 bits per heavy atom. The summed E-state index contributed by atoms with van der Waals surface area (Å²) in [5.41, 5.74) is 0.00328. The van der Waals surface area contributed by atoms with Crippen molar-refractivity contribution >= 4 is 5.82 Å². The maximum Gasteiger partial charge on any atom is 0.264 e. The maximum atomic E-state index is 12.5. The second-order valence-electron chi connectivity index (χ2n) is 4.22. The quantitative estimate of drug-likeness (QED) is 0.832. The minimum Gasteiger partial charge on any atom is -0.355 e. The van der Waals surface area contributed by atoms with Gasteiger partial charge in [0, 0.05) is 11.8 Å². The van der Waals surface area contributed by atoms with E-state index in [4.69, 9.17) is 0 Å². The van der Waals surface area contributed by atoms with Crippen molar-refractivity contribution in [1.82, 2.24) is 10.3 Å². The number of rotatable bonds is 3. The van der Waals surface area contributed by atoms with Gasteiger partial charge in [-0.05, 0) is 31.0 Å². The van der Waals surface area contributed by atoms with Crippen LogP contribution in [-0.2, 0) is 0 Å². The molecular weight excluding hydrogens is 212 g/mol. The van der Waals surface area contributed by atoms with E-state index < -0.39 is 6.43 Å². The topological polar surface area (TPSA) is 37.0 Å². The van der Waals surface area contributed by atoms with Crippen molar-refractivity contribution < 1.29 is 8.78 Å². The van der Waals surface area contributed by atoms with E-state index in [-0.39, 0.29) is 11.7 Å². The van der Waals surface area contributed by atoms with Gasteiger partial charge in [-0.25, -0.2) is 13.8 Å². The van der Waals surface area contributed by atoms with Crippen LogP contribution in [0.2, 0.25) is 0 Å². The smallest absolute Gasteiger partial charge is 0.264 e. The van der Waals surface area contributed by atoms with Crippen LogP contribution in [0.5, 0.6) is 0 Å². The third-order valence-corrected chi connectivity index (χ3v) is 2.71. The van der Waals surface area contributed by atoms with E-state index in [1.807, 2.05) is 0 Å². The number of pyridine rings is 1. The lowest BCUT2D eigenvalue weighted by Crippen LogP contribution is -2.30. The summed E-state index contributed by atoms with van der Waals surface area (Å²) in [5, 5.41) is 6.38. The summed E-state index contributed by atoms with van der Waals surface area (Å²) in [4.78, 5) is 4.03. The lowest BCUT2D eigenvalue weighted by atomic mass is 10.1. The molecule has 1 aliphatic heterocycles. The molecule has 0 bridgehead atoms. The van der Waals surface area contributed by atoms with Crippen LogP contribution >= 0.6 is 0 Å². The second kappa shape index (κ2) is 4.74. The molecule has 0 spiro atoms. The summed E-state index contributed by atoms with van der Waals surface area (Å²) in [6.07, 6.45) is 0.0809. The Hall–Kier alpha value is -1.23. The fourth-order valence-electron chi connectivity index (χ4n) is 1.86. The van der Waals surface area contributed by atoms with Crippen LogP contribution in [0.3, 0.4) is 0 Å². The number of hydrogen-bond donors (Lipinski definition) is 2. The lowest BCUT2D eigenvalue weighted by molar-refractivity contribution is 0.151. The van der Waals surface area contributed by atoms with Crippen LogP contribution in [0.15, 0.2) is 18.3 Å². The zero-order valence-electron chi connectivity index (χ0n) is 9.08. The van der Waals surface area contributed by atoms with Crippen LogP contribution in [0.4, 0.5) is 14.6 Å². The van der Waals surface area contributed by atoms with Gasteiger partial charge in [-0.1, -0.05) is 6.92 Å². The molecule has 0 amide bonds. The number of anilines is 1. The number of hydrogen-bond acceptors (Lipinski definition) is 3. The van der Waals surface area contributed by atoms with E-state index in [0.29, 0.717) is 11.7 Å². The van der Waals surface area contributed by atoms with Crippen molar-refractivity contribution in [3.8, 4) is 0 Å². The van der Waals surface area contributed by atoms with Crippen LogP contribution in [0, 0.1) is 5.92 Å². The molecule has 0 radical (unpaired) electrons. The summed E-state index contributed by atoms with van der Waals surface area (Å²) < 4.78 is 24.9. The Morgan fingerprint density at radius 3 is 3.00 bits per heavy atom. The molecule has 88 valence electrons. The van der Waals surface area contributed by atoms with E-state index in [1.165, 1.54) is 18.3 Å². The SMILES string of the molecule is C[C@H]1CNC(Nc2cc(C(F)F)ccn2)C1. The predicted octanol–water partition coefficient (Wildman–Crippen LogP) is 2.39. The van der Waals surface area contributed by atoms with Gasteiger partial charge in [-0.3, -0.25) is 5.32 Å². The zero-order valence-corrected chi connectivity index (χ0v) is 9.08. The first-order chi connectivity index (χ1) is 7.65. The first-order valence-electron chi connectivity index (χ1n) is 5.39. The predicted molar refractivity (Wildman–Crippen MR) is 58.4 cm³/mol. The summed E-state index contributed by atoms with van der Waals surface area (Å²) in [6.45, 7) is 3.10. The van der Waals surface area contributed by atoms with Crippen molar-refractivity contribution in [3.05, 3.63) is 23.9 Å². The van der Waals surface area contributed by atoms with Crippen LogP contribution in [0.25, 0.3) is 0 Å². The van der Waals surface area contributed by atoms with Gasteiger partial charge in [0.05, 0.1) is 6.17 Å². The van der Waals surface area contributed by atoms with Gasteiger partial charge in [0.1, 0.15) is 5.82 Å². The Balaban J connectivity index is 2.01. The van der Waals surface area contributed by atoms with E-state index in [0.717, 1.165) is 13.0 Å². The molecule has 1 fully saturated rings. The summed E-state index contributed by atoms with van der Waals surface area (Å²) in [5.74, 6) is 1.11. The summed E-state index contributed by atoms with van der Waals surface area (Å²) in [6, 6.07) is 2.73. The molecule has 0 saturated carbocycles. The number of halogens is 2. The van der Waals surface area contributed by atoms with Crippen LogP contribution in [0.1, 0.15) is 25.3 Å². The second-order valence-corrected chi connectivity index (χ2v) is 4.22. The minimum absolute atomic E-state index is 0.00328. The fraction of sp³-hybridized carbons (Fsp3) is 0.545. The third kappa shape index (κ3) is 2.66. The molecule has 2 rings (SSSR count). The first kappa shape index (κ1) is 11.3. The molecule has 1 saturated heterocycles. The molecule has 1 aromatic heterocycles. The summed E-state index contributed by atoms with van der Waals surface area (Å²) >= 11 is 0. The van der Waals surface area contributed by atoms with Gasteiger partial charge in [-0.15, -0.1) is 0 Å². The Labute approximate surface area is 93.3 Å². The average molecular weight is 227 g/mol. The molecular formula is C11H15F2N3. The standard InChI is InChI=1S/C11H15F2N3/c1-7-4-9(15-6-7)16-10-5-8(11(12)13)2-3-14-10/h2-3,5,7,9,11,15H,4,6H2,1H3,(H,14,16)/t7-,9?/m1/s1. The van der Waals surface area contributed by atoms with Gasteiger partial charge in [-0.2, -0.15) is 0 Å². The monoisotopic (exact) mass is 227 g/mol. The van der Waals surface area contributed by atoms with Gasteiger partial charge in [0.2, 0.25) is 0 Å². The Kier molecular flexibility index (Phi) is 3.33. The summed E-state index contributed by atoms with van der Waals surface area (Å²) in [7, 11) is 0. The fourth-order valence-corrected chi connectivity index (χ4v) is 1.86. The maximum absolute atomic E-state index is 12.5. The molecule has 1 aliphatic rings. The zero-order chi connectivity index (χ0) is 11.5. The Bertz CT molecular complexity index is 357. The normalized spacial score (nSPS) is 25.0. The van der Waals surface area contributed by atoms with Gasteiger partial charge in [0.25, 0.3) is 6.43 Å². The van der Waals surface area contributed by atoms with E-state index in [9.17, 15) is 8.78 Å². The van der Waals surface area contributed by atoms with Crippen molar-refractivity contribution in [1.29, 1.82) is 0 Å². The van der Waals surface area contributed by atoms with Crippen molar-refractivity contribution in [2.75, 3.05) is 11.9 Å². The third-order valence-electron chi connectivity index (χ3n) is 2.71. The molecule has 16 heavy (non-hydrogen) atoms. The highest BCUT2D eigenvalue weighted by Gasteiger charge is 2.20. The van der Waals surface area contributed by atoms with Gasteiger partial charge < -0.3 is 5.32 Å². The van der Waals surface area contributed by atoms with E-state index in [2.05, 4.69) is 22.5 Å². The van der Waals surface area contributed by atoms with Gasteiger partial charge >= 0.3 is 0 Å². The van der Waals surface area contributed by atoms with Crippen molar-refractivity contribution in [3.63, 3.8) is 0 Å². The van der Waals surface area contributed by atoms with Crippen molar-refractivity contribution in [2.45, 2.75) is 25.9 Å². The molecule has 2 heterocycles. The molecule has 2 atom stereocenters. The van der Waals surface area contributed by atoms with Gasteiger partial charge in [0.15, 0.2) is 0 Å². The van der Waals surface area contributed by atoms with E-state index in [1.54, 1.807) is 0 Å². The highest BCUT2D eigenvalue weighted by molar-refractivity contribution is 5.39. The highest BCUT2D eigenvalue weighted by atomic mass is 19.3. The molecule has 0 aromatic carbocycles. The lowest BCUT2D eigenvalue weighted by Gasteiger charge is -2.14. The molecule has 3 nitrogen and oxygen atoms in total. The van der Waals surface area contributed by atoms with Crippen molar-refractivity contribution in [2.24, 2.45) is 5.92 Å². The number of nitrogens with zero attached hydrogens (tertiary/aromatic N) is 1. The molecule has 5 heteroatoms. The number of nitrogens with one attached hydrogen (secondary N) is 2. The molecule has 0 aliphatic carbocycles. The number of alkyl halides is 2. The largest absolute Gasteiger partial charge is 0.355 e. The first-order valence-corrected chi connectivity index (χ1v) is 5.39. The van der Waals surface area contributed by atoms with Crippen LogP contribution < -0.4 is 10.6 Å².